The van der Waals surface area contributed by atoms with E-state index < -0.39 is 0 Å². The van der Waals surface area contributed by atoms with E-state index in [0.29, 0.717) is 26.3 Å². The van der Waals surface area contributed by atoms with Crippen LogP contribution in [0.4, 0.5) is 5.69 Å². The van der Waals surface area contributed by atoms with Crippen molar-refractivity contribution in [3.63, 3.8) is 0 Å². The van der Waals surface area contributed by atoms with Gasteiger partial charge in [0.25, 0.3) is 0 Å². The highest BCUT2D eigenvalue weighted by Crippen LogP contribution is 2.24. The first-order valence-electron chi connectivity index (χ1n) is 6.70. The minimum atomic E-state index is -0.308. The lowest BCUT2D eigenvalue weighted by Crippen LogP contribution is -2.14. The predicted molar refractivity (Wildman–Crippen MR) is 94.8 cm³/mol. The lowest BCUT2D eigenvalue weighted by Gasteiger charge is -2.07. The van der Waals surface area contributed by atoms with Gasteiger partial charge in [-0.05, 0) is 30.3 Å². The molecule has 122 valence electrons. The number of pyridine rings is 1. The van der Waals surface area contributed by atoms with E-state index in [1.165, 1.54) is 19.1 Å². The first-order valence-corrected chi connectivity index (χ1v) is 8.44. The predicted octanol–water partition coefficient (Wildman–Crippen LogP) is 4.19. The number of rotatable bonds is 5. The van der Waals surface area contributed by atoms with Gasteiger partial charge < -0.3 is 5.32 Å². The summed E-state index contributed by atoms with van der Waals surface area (Å²) in [6.07, 6.45) is 0. The zero-order valence-electron chi connectivity index (χ0n) is 12.5. The number of nitriles is 1. The summed E-state index contributed by atoms with van der Waals surface area (Å²) in [5.41, 5.74) is 1.03. The van der Waals surface area contributed by atoms with Gasteiger partial charge >= 0.3 is 0 Å². The Morgan fingerprint density at radius 2 is 1.92 bits per heavy atom. The van der Waals surface area contributed by atoms with Gasteiger partial charge in [-0.25, -0.2) is 4.98 Å². The number of hydrogen-bond donors (Lipinski definition) is 1. The highest BCUT2D eigenvalue weighted by molar-refractivity contribution is 8.00. The zero-order valence-corrected chi connectivity index (χ0v) is 14.8. The van der Waals surface area contributed by atoms with Crippen LogP contribution in [0, 0.1) is 11.3 Å². The number of Topliss-reactive ketones (excluding diaryl/α,β-unsaturated/α-hetero) is 1. The molecule has 24 heavy (non-hydrogen) atoms. The zero-order chi connectivity index (χ0) is 17.7. The summed E-state index contributed by atoms with van der Waals surface area (Å²) >= 11 is 12.8. The fourth-order valence-corrected chi connectivity index (χ4v) is 3.09. The van der Waals surface area contributed by atoms with Crippen LogP contribution in [0.15, 0.2) is 35.4 Å². The first-order chi connectivity index (χ1) is 11.4. The molecule has 5 nitrogen and oxygen atoms in total. The van der Waals surface area contributed by atoms with Crippen molar-refractivity contribution in [1.82, 2.24) is 4.98 Å². The van der Waals surface area contributed by atoms with Crippen LogP contribution in [-0.4, -0.2) is 22.4 Å². The Kier molecular flexibility index (Phi) is 6.21. The summed E-state index contributed by atoms with van der Waals surface area (Å²) in [7, 11) is 0. The molecular formula is C16H11Cl2N3O2S. The fraction of sp³-hybridized carbons (Fsp3) is 0.125. The summed E-state index contributed by atoms with van der Waals surface area (Å²) in [6, 6.07) is 9.70. The van der Waals surface area contributed by atoms with E-state index in [9.17, 15) is 9.59 Å². The number of halogens is 2. The Hall–Kier alpha value is -2.07. The first kappa shape index (κ1) is 18.3. The monoisotopic (exact) mass is 379 g/mol. The number of carbonyl (C=O) groups is 2. The molecule has 0 fully saturated rings. The molecule has 1 aromatic heterocycles. The molecule has 1 aromatic carbocycles. The number of nitrogens with one attached hydrogen (secondary N) is 1. The topological polar surface area (TPSA) is 82.8 Å². The largest absolute Gasteiger partial charge is 0.325 e. The summed E-state index contributed by atoms with van der Waals surface area (Å²) < 4.78 is 0. The van der Waals surface area contributed by atoms with Crippen molar-refractivity contribution in [3.8, 4) is 6.07 Å². The molecule has 0 radical (unpaired) electrons. The highest BCUT2D eigenvalue weighted by Gasteiger charge is 2.12. The third kappa shape index (κ3) is 4.96. The molecule has 2 aromatic rings. The summed E-state index contributed by atoms with van der Waals surface area (Å²) in [6.45, 7) is 1.39. The number of nitrogens with zero attached hydrogens (tertiary/aromatic N) is 2. The van der Waals surface area contributed by atoms with E-state index in [1.807, 2.05) is 6.07 Å². The van der Waals surface area contributed by atoms with E-state index in [1.54, 1.807) is 18.2 Å². The molecule has 0 aliphatic heterocycles. The second kappa shape index (κ2) is 8.15. The molecule has 1 N–H and O–H groups in total. The number of benzene rings is 1. The number of carbonyl (C=O) groups excluding carboxylic acids is 2. The van der Waals surface area contributed by atoms with Gasteiger partial charge in [0.05, 0.1) is 11.3 Å². The van der Waals surface area contributed by atoms with Gasteiger partial charge in [0.15, 0.2) is 5.78 Å². The molecule has 0 bridgehead atoms. The molecule has 0 atom stereocenters. The van der Waals surface area contributed by atoms with Crippen LogP contribution in [0.5, 0.6) is 0 Å². The Morgan fingerprint density at radius 3 is 2.50 bits per heavy atom. The summed E-state index contributed by atoms with van der Waals surface area (Å²) in [5, 5.41) is 12.9. The second-order valence-electron chi connectivity index (χ2n) is 4.71. The van der Waals surface area contributed by atoms with Crippen LogP contribution in [0.2, 0.25) is 10.0 Å². The average molecular weight is 380 g/mol. The van der Waals surface area contributed by atoms with Crippen LogP contribution in [0.1, 0.15) is 23.0 Å². The van der Waals surface area contributed by atoms with Crippen molar-refractivity contribution in [2.24, 2.45) is 0 Å². The number of hydrogen-bond acceptors (Lipinski definition) is 5. The van der Waals surface area contributed by atoms with Crippen LogP contribution in [-0.2, 0) is 4.79 Å². The smallest absolute Gasteiger partial charge is 0.234 e. The lowest BCUT2D eigenvalue weighted by atomic mass is 10.2. The normalized spacial score (nSPS) is 10.1. The van der Waals surface area contributed by atoms with E-state index in [-0.39, 0.29) is 23.1 Å². The molecule has 0 saturated carbocycles. The third-order valence-corrected chi connectivity index (χ3v) is 4.26. The molecule has 1 amide bonds. The molecule has 0 aliphatic carbocycles. The van der Waals surface area contributed by atoms with Crippen molar-refractivity contribution in [1.29, 1.82) is 5.26 Å². The van der Waals surface area contributed by atoms with Crippen LogP contribution < -0.4 is 5.32 Å². The summed E-state index contributed by atoms with van der Waals surface area (Å²) in [5.74, 6) is -0.496. The Balaban J connectivity index is 2.07. The third-order valence-electron chi connectivity index (χ3n) is 2.83. The van der Waals surface area contributed by atoms with E-state index >= 15 is 0 Å². The van der Waals surface area contributed by atoms with E-state index in [0.717, 1.165) is 11.8 Å². The van der Waals surface area contributed by atoms with Crippen molar-refractivity contribution in [2.75, 3.05) is 11.1 Å². The van der Waals surface area contributed by atoms with Crippen molar-refractivity contribution in [2.45, 2.75) is 11.9 Å². The van der Waals surface area contributed by atoms with Crippen molar-refractivity contribution >= 4 is 52.3 Å². The number of thioether (sulfide) groups is 1. The molecule has 8 heteroatoms. The molecule has 1 heterocycles. The minimum absolute atomic E-state index is 0.0210. The lowest BCUT2D eigenvalue weighted by molar-refractivity contribution is -0.113. The Labute approximate surface area is 153 Å². The Morgan fingerprint density at radius 1 is 1.25 bits per heavy atom. The molecular weight excluding hydrogens is 369 g/mol. The molecule has 0 saturated heterocycles. The van der Waals surface area contributed by atoms with Gasteiger partial charge in [-0.15, -0.1) is 0 Å². The SMILES string of the molecule is CC(=O)c1ccc(C#N)c(SCC(=O)Nc2cc(Cl)cc(Cl)c2)n1. The van der Waals surface area contributed by atoms with Crippen molar-refractivity contribution in [3.05, 3.63) is 51.6 Å². The number of amides is 1. The van der Waals surface area contributed by atoms with Crippen molar-refractivity contribution < 1.29 is 9.59 Å². The molecule has 0 spiro atoms. The van der Waals surface area contributed by atoms with Crippen LogP contribution in [0.3, 0.4) is 0 Å². The molecule has 0 aliphatic rings. The number of aromatic nitrogens is 1. The van der Waals surface area contributed by atoms with Gasteiger partial charge in [0, 0.05) is 22.7 Å². The van der Waals surface area contributed by atoms with Gasteiger partial charge in [0.2, 0.25) is 5.91 Å². The fourth-order valence-electron chi connectivity index (χ4n) is 1.79. The molecule has 2 rings (SSSR count). The maximum Gasteiger partial charge on any atom is 0.234 e. The average Bonchev–Trinajstić information content (AvgIpc) is 2.51. The Bertz CT molecular complexity index is 829. The standard InChI is InChI=1S/C16H11Cl2N3O2S/c1-9(22)14-3-2-10(7-19)16(21-14)24-8-15(23)20-13-5-11(17)4-12(18)6-13/h2-6H,8H2,1H3,(H,20,23). The summed E-state index contributed by atoms with van der Waals surface area (Å²) in [4.78, 5) is 27.5. The van der Waals surface area contributed by atoms with Gasteiger partial charge in [-0.1, -0.05) is 35.0 Å². The highest BCUT2D eigenvalue weighted by atomic mass is 35.5. The quantitative estimate of drug-likeness (QED) is 0.621. The minimum Gasteiger partial charge on any atom is -0.325 e. The second-order valence-corrected chi connectivity index (χ2v) is 6.55. The number of ketones is 1. The maximum atomic E-state index is 12.0. The van der Waals surface area contributed by atoms with E-state index in [4.69, 9.17) is 28.5 Å². The van der Waals surface area contributed by atoms with E-state index in [2.05, 4.69) is 10.3 Å². The van der Waals surface area contributed by atoms with Gasteiger partial charge in [-0.2, -0.15) is 5.26 Å². The van der Waals surface area contributed by atoms with Crippen LogP contribution in [0.25, 0.3) is 0 Å². The number of anilines is 1. The van der Waals surface area contributed by atoms with Gasteiger partial charge in [-0.3, -0.25) is 9.59 Å². The molecule has 0 unspecified atom stereocenters. The van der Waals surface area contributed by atoms with Crippen LogP contribution >= 0.6 is 35.0 Å². The van der Waals surface area contributed by atoms with Gasteiger partial charge in [0.1, 0.15) is 16.8 Å². The maximum absolute atomic E-state index is 12.0.